The molecule has 2 rings (SSSR count). The third-order valence-electron chi connectivity index (χ3n) is 2.62. The zero-order valence-electron chi connectivity index (χ0n) is 6.95. The molecule has 12 heavy (non-hydrogen) atoms. The summed E-state index contributed by atoms with van der Waals surface area (Å²) in [6.07, 6.45) is 5.26. The smallest absolute Gasteiger partial charge is 0.163 e. The van der Waals surface area contributed by atoms with Crippen LogP contribution in [-0.2, 0) is 9.53 Å². The van der Waals surface area contributed by atoms with E-state index in [1.807, 2.05) is 6.08 Å². The first kappa shape index (κ1) is 7.59. The molecule has 2 atom stereocenters. The van der Waals surface area contributed by atoms with Gasteiger partial charge in [0.2, 0.25) is 0 Å². The minimum atomic E-state index is 0.125. The van der Waals surface area contributed by atoms with Gasteiger partial charge in [-0.15, -0.1) is 6.58 Å². The van der Waals surface area contributed by atoms with Gasteiger partial charge in [0.1, 0.15) is 5.76 Å². The van der Waals surface area contributed by atoms with Crippen molar-refractivity contribution in [2.45, 2.75) is 12.8 Å². The van der Waals surface area contributed by atoms with Crippen molar-refractivity contribution in [1.29, 1.82) is 0 Å². The van der Waals surface area contributed by atoms with Gasteiger partial charge < -0.3 is 4.74 Å². The molecule has 1 heterocycles. The van der Waals surface area contributed by atoms with Crippen LogP contribution in [-0.4, -0.2) is 12.4 Å². The molecular weight excluding hydrogens is 152 g/mol. The van der Waals surface area contributed by atoms with E-state index in [2.05, 4.69) is 6.58 Å². The molecule has 1 aliphatic heterocycles. The summed E-state index contributed by atoms with van der Waals surface area (Å²) in [6.45, 7) is 4.43. The molecular formula is C10H12O2. The molecule has 0 amide bonds. The van der Waals surface area contributed by atoms with Crippen LogP contribution in [0.5, 0.6) is 0 Å². The third-order valence-corrected chi connectivity index (χ3v) is 2.62. The van der Waals surface area contributed by atoms with Crippen LogP contribution in [0.4, 0.5) is 0 Å². The van der Waals surface area contributed by atoms with Crippen LogP contribution in [0.2, 0.25) is 0 Å². The van der Waals surface area contributed by atoms with Crippen molar-refractivity contribution in [2.75, 3.05) is 6.61 Å². The van der Waals surface area contributed by atoms with Crippen LogP contribution in [0.1, 0.15) is 12.8 Å². The Balaban J connectivity index is 2.17. The molecule has 0 aromatic rings. The fraction of sp³-hybridized carbons (Fsp3) is 0.500. The molecule has 1 aliphatic carbocycles. The van der Waals surface area contributed by atoms with E-state index in [0.717, 1.165) is 25.2 Å². The Bertz CT molecular complexity index is 253. The fourth-order valence-corrected chi connectivity index (χ4v) is 2.01. The predicted octanol–water partition coefficient (Wildman–Crippen LogP) is 1.68. The Morgan fingerprint density at radius 2 is 2.58 bits per heavy atom. The number of hydrogen-bond donors (Lipinski definition) is 0. The lowest BCUT2D eigenvalue weighted by molar-refractivity contribution is -0.118. The average molecular weight is 164 g/mol. The molecule has 0 radical (unpaired) electrons. The van der Waals surface area contributed by atoms with E-state index >= 15 is 0 Å². The molecule has 64 valence electrons. The van der Waals surface area contributed by atoms with Crippen molar-refractivity contribution in [3.8, 4) is 0 Å². The topological polar surface area (TPSA) is 26.3 Å². The van der Waals surface area contributed by atoms with Crippen molar-refractivity contribution in [3.63, 3.8) is 0 Å². The molecule has 2 aliphatic rings. The highest BCUT2D eigenvalue weighted by atomic mass is 16.5. The standard InChI is InChI=1S/C10H12O2/c1-2-3-7-8-4-5-12-10(8)6-9(7)11/h2,6-8H,1,3-5H2. The summed E-state index contributed by atoms with van der Waals surface area (Å²) >= 11 is 0. The summed E-state index contributed by atoms with van der Waals surface area (Å²) in [7, 11) is 0. The molecule has 2 heteroatoms. The largest absolute Gasteiger partial charge is 0.497 e. The summed E-state index contributed by atoms with van der Waals surface area (Å²) in [5.74, 6) is 1.61. The van der Waals surface area contributed by atoms with Gasteiger partial charge in [0.25, 0.3) is 0 Å². The summed E-state index contributed by atoms with van der Waals surface area (Å²) in [4.78, 5) is 11.4. The molecule has 0 aromatic carbocycles. The Hall–Kier alpha value is -1.05. The second kappa shape index (κ2) is 2.77. The van der Waals surface area contributed by atoms with Gasteiger partial charge in [0, 0.05) is 17.9 Å². The van der Waals surface area contributed by atoms with E-state index in [4.69, 9.17) is 4.74 Å². The van der Waals surface area contributed by atoms with Crippen LogP contribution in [0.15, 0.2) is 24.5 Å². The van der Waals surface area contributed by atoms with Gasteiger partial charge in [-0.1, -0.05) is 6.08 Å². The zero-order valence-corrected chi connectivity index (χ0v) is 6.95. The maximum absolute atomic E-state index is 11.4. The van der Waals surface area contributed by atoms with Crippen LogP contribution in [0.25, 0.3) is 0 Å². The molecule has 0 spiro atoms. The quantitative estimate of drug-likeness (QED) is 0.580. The second-order valence-electron chi connectivity index (χ2n) is 3.32. The number of hydrogen-bond acceptors (Lipinski definition) is 2. The van der Waals surface area contributed by atoms with E-state index in [1.165, 1.54) is 0 Å². The van der Waals surface area contributed by atoms with E-state index in [1.54, 1.807) is 6.08 Å². The average Bonchev–Trinajstić information content (AvgIpc) is 2.56. The summed E-state index contributed by atoms with van der Waals surface area (Å²) < 4.78 is 5.33. The maximum atomic E-state index is 11.4. The Labute approximate surface area is 71.9 Å². The summed E-state index contributed by atoms with van der Waals surface area (Å²) in [5, 5.41) is 0. The number of ether oxygens (including phenoxy) is 1. The minimum Gasteiger partial charge on any atom is -0.497 e. The number of fused-ring (bicyclic) bond motifs is 1. The Morgan fingerprint density at radius 3 is 3.33 bits per heavy atom. The van der Waals surface area contributed by atoms with Gasteiger partial charge in [-0.2, -0.15) is 0 Å². The van der Waals surface area contributed by atoms with Gasteiger partial charge in [-0.25, -0.2) is 0 Å². The normalized spacial score (nSPS) is 32.7. The van der Waals surface area contributed by atoms with Crippen molar-refractivity contribution in [2.24, 2.45) is 11.8 Å². The molecule has 2 unspecified atom stereocenters. The van der Waals surface area contributed by atoms with Crippen LogP contribution >= 0.6 is 0 Å². The van der Waals surface area contributed by atoms with Crippen LogP contribution in [0, 0.1) is 11.8 Å². The molecule has 1 fully saturated rings. The van der Waals surface area contributed by atoms with Gasteiger partial charge in [0.05, 0.1) is 6.61 Å². The lowest BCUT2D eigenvalue weighted by Gasteiger charge is -2.11. The van der Waals surface area contributed by atoms with Gasteiger partial charge in [-0.05, 0) is 12.8 Å². The first-order chi connectivity index (χ1) is 5.83. The van der Waals surface area contributed by atoms with E-state index in [0.29, 0.717) is 5.92 Å². The maximum Gasteiger partial charge on any atom is 0.163 e. The Kier molecular flexibility index (Phi) is 1.75. The molecule has 2 nitrogen and oxygen atoms in total. The molecule has 0 N–H and O–H groups in total. The molecule has 0 bridgehead atoms. The van der Waals surface area contributed by atoms with Gasteiger partial charge >= 0.3 is 0 Å². The first-order valence-electron chi connectivity index (χ1n) is 4.32. The number of rotatable bonds is 2. The monoisotopic (exact) mass is 164 g/mol. The number of carbonyl (C=O) groups is 1. The lowest BCUT2D eigenvalue weighted by Crippen LogP contribution is -2.14. The fourth-order valence-electron chi connectivity index (χ4n) is 2.01. The third kappa shape index (κ3) is 0.986. The molecule has 1 saturated heterocycles. The van der Waals surface area contributed by atoms with Gasteiger partial charge in [-0.3, -0.25) is 4.79 Å². The Morgan fingerprint density at radius 1 is 1.75 bits per heavy atom. The highest BCUT2D eigenvalue weighted by Gasteiger charge is 2.39. The first-order valence-corrected chi connectivity index (χ1v) is 4.32. The predicted molar refractivity (Wildman–Crippen MR) is 45.5 cm³/mol. The van der Waals surface area contributed by atoms with Crippen molar-refractivity contribution >= 4 is 5.78 Å². The molecule has 0 aromatic heterocycles. The number of allylic oxidation sites excluding steroid dienone is 3. The minimum absolute atomic E-state index is 0.125. The summed E-state index contributed by atoms with van der Waals surface area (Å²) in [5.41, 5.74) is 0. The van der Waals surface area contributed by atoms with Crippen molar-refractivity contribution in [1.82, 2.24) is 0 Å². The zero-order chi connectivity index (χ0) is 8.55. The number of carbonyl (C=O) groups excluding carboxylic acids is 1. The second-order valence-corrected chi connectivity index (χ2v) is 3.32. The van der Waals surface area contributed by atoms with Gasteiger partial charge in [0.15, 0.2) is 5.78 Å². The van der Waals surface area contributed by atoms with Crippen molar-refractivity contribution < 1.29 is 9.53 Å². The van der Waals surface area contributed by atoms with Crippen LogP contribution in [0.3, 0.4) is 0 Å². The lowest BCUT2D eigenvalue weighted by atomic mass is 9.90. The highest BCUT2D eigenvalue weighted by Crippen LogP contribution is 2.39. The van der Waals surface area contributed by atoms with E-state index in [-0.39, 0.29) is 11.7 Å². The number of ketones is 1. The van der Waals surface area contributed by atoms with E-state index in [9.17, 15) is 4.79 Å². The molecule has 0 saturated carbocycles. The summed E-state index contributed by atoms with van der Waals surface area (Å²) in [6, 6.07) is 0. The van der Waals surface area contributed by atoms with Crippen LogP contribution < -0.4 is 0 Å². The van der Waals surface area contributed by atoms with E-state index < -0.39 is 0 Å². The van der Waals surface area contributed by atoms with Crippen molar-refractivity contribution in [3.05, 3.63) is 24.5 Å². The highest BCUT2D eigenvalue weighted by molar-refractivity contribution is 5.95. The SMILES string of the molecule is C=CCC1C(=O)C=C2OCCC21.